The van der Waals surface area contributed by atoms with Crippen LogP contribution in [0.4, 0.5) is 0 Å². The number of hydrogen-bond donors (Lipinski definition) is 4. The minimum absolute atomic E-state index is 0.0176. The summed E-state index contributed by atoms with van der Waals surface area (Å²) in [6.45, 7) is 4.53. The molecule has 0 aromatic carbocycles. The smallest absolute Gasteiger partial charge is 0.389 e. The van der Waals surface area contributed by atoms with Crippen LogP contribution in [0.25, 0.3) is 0 Å². The highest BCUT2D eigenvalue weighted by Gasteiger charge is 2.27. The monoisotopic (exact) mass is 738 g/mol. The van der Waals surface area contributed by atoms with Gasteiger partial charge in [0.1, 0.15) is 13.2 Å². The van der Waals surface area contributed by atoms with E-state index >= 15 is 0 Å². The summed E-state index contributed by atoms with van der Waals surface area (Å²) < 4.78 is 23.3. The second-order valence-electron chi connectivity index (χ2n) is 14.1. The van der Waals surface area contributed by atoms with E-state index in [4.69, 9.17) is 9.05 Å². The van der Waals surface area contributed by atoms with Crippen molar-refractivity contribution in [3.8, 4) is 0 Å². The molecular formula is C41H74N2O7P+. The molecule has 0 fully saturated rings. The van der Waals surface area contributed by atoms with Crippen LogP contribution in [0.1, 0.15) is 123 Å². The molecule has 0 aliphatic carbocycles. The highest BCUT2D eigenvalue weighted by Crippen LogP contribution is 2.43. The molecule has 0 spiro atoms. The number of carbonyl (C=O) groups is 1. The van der Waals surface area contributed by atoms with Gasteiger partial charge >= 0.3 is 7.82 Å². The van der Waals surface area contributed by atoms with E-state index in [-0.39, 0.29) is 18.9 Å². The number of likely N-dealkylation sites (N-methyl/N-ethyl adjacent to an activating group) is 1. The fraction of sp³-hybridized carbons (Fsp3) is 0.683. The molecule has 0 heterocycles. The molecule has 4 N–H and O–H groups in total. The van der Waals surface area contributed by atoms with Gasteiger partial charge in [-0.2, -0.15) is 0 Å². The minimum Gasteiger partial charge on any atom is -0.389 e. The maximum atomic E-state index is 12.8. The van der Waals surface area contributed by atoms with Crippen molar-refractivity contribution >= 4 is 13.7 Å². The number of nitrogens with one attached hydrogen (secondary N) is 1. The molecule has 0 aromatic heterocycles. The van der Waals surface area contributed by atoms with Crippen molar-refractivity contribution in [1.29, 1.82) is 0 Å². The van der Waals surface area contributed by atoms with Gasteiger partial charge in [0.25, 0.3) is 0 Å². The molecule has 0 aromatic rings. The molecule has 10 heteroatoms. The van der Waals surface area contributed by atoms with Gasteiger partial charge in [-0.15, -0.1) is 0 Å². The van der Waals surface area contributed by atoms with E-state index in [0.717, 1.165) is 32.1 Å². The first-order valence-electron chi connectivity index (χ1n) is 19.4. The Morgan fingerprint density at radius 3 is 2.02 bits per heavy atom. The van der Waals surface area contributed by atoms with E-state index in [2.05, 4.69) is 55.6 Å². The van der Waals surface area contributed by atoms with E-state index < -0.39 is 32.7 Å². The number of rotatable bonds is 33. The Balaban J connectivity index is 4.79. The number of aliphatic hydroxyl groups is 2. The number of hydrogen-bond acceptors (Lipinski definition) is 6. The molecule has 0 radical (unpaired) electrons. The number of allylic oxidation sites excluding steroid dienone is 10. The molecule has 4 atom stereocenters. The number of nitrogens with zero attached hydrogens (tertiary/aromatic N) is 1. The first-order valence-corrected chi connectivity index (χ1v) is 20.9. The summed E-state index contributed by atoms with van der Waals surface area (Å²) in [5.41, 5.74) is 0. The Kier molecular flexibility index (Phi) is 31.2. The third-order valence-corrected chi connectivity index (χ3v) is 8.99. The van der Waals surface area contributed by atoms with Crippen molar-refractivity contribution in [1.82, 2.24) is 5.32 Å². The quantitative estimate of drug-likeness (QED) is 0.0174. The van der Waals surface area contributed by atoms with Gasteiger partial charge in [-0.1, -0.05) is 125 Å². The topological polar surface area (TPSA) is 125 Å². The third kappa shape index (κ3) is 34.7. The van der Waals surface area contributed by atoms with Crippen LogP contribution in [0.15, 0.2) is 72.9 Å². The molecule has 0 bridgehead atoms. The van der Waals surface area contributed by atoms with Crippen LogP contribution in [0, 0.1) is 0 Å². The lowest BCUT2D eigenvalue weighted by molar-refractivity contribution is -0.870. The molecule has 1 unspecified atom stereocenters. The van der Waals surface area contributed by atoms with Crippen molar-refractivity contribution in [2.45, 2.75) is 141 Å². The van der Waals surface area contributed by atoms with E-state index in [1.165, 1.54) is 51.4 Å². The summed E-state index contributed by atoms with van der Waals surface area (Å²) in [6.07, 6.45) is 38.6. The number of phosphoric ester groups is 1. The summed E-state index contributed by atoms with van der Waals surface area (Å²) in [4.78, 5) is 23.0. The number of amides is 1. The molecule has 294 valence electrons. The fourth-order valence-corrected chi connectivity index (χ4v) is 5.54. The zero-order valence-corrected chi connectivity index (χ0v) is 33.6. The lowest BCUT2D eigenvalue weighted by Crippen LogP contribution is -2.45. The zero-order valence-electron chi connectivity index (χ0n) is 32.7. The van der Waals surface area contributed by atoms with E-state index in [0.29, 0.717) is 30.3 Å². The van der Waals surface area contributed by atoms with Crippen molar-refractivity contribution in [2.75, 3.05) is 40.9 Å². The minimum atomic E-state index is -4.39. The summed E-state index contributed by atoms with van der Waals surface area (Å²) in [5, 5.41) is 23.9. The molecule has 0 rings (SSSR count). The Morgan fingerprint density at radius 2 is 1.31 bits per heavy atom. The summed E-state index contributed by atoms with van der Waals surface area (Å²) >= 11 is 0. The average molecular weight is 738 g/mol. The van der Waals surface area contributed by atoms with Gasteiger partial charge in [0, 0.05) is 6.42 Å². The number of carbonyl (C=O) groups excluding carboxylic acids is 1. The normalized spacial score (nSPS) is 16.0. The number of aliphatic hydroxyl groups excluding tert-OH is 2. The number of unbranched alkanes of at least 4 members (excludes halogenated alkanes) is 9. The van der Waals surface area contributed by atoms with Gasteiger partial charge in [-0.3, -0.25) is 13.8 Å². The van der Waals surface area contributed by atoms with Gasteiger partial charge in [-0.25, -0.2) is 4.57 Å². The predicted octanol–water partition coefficient (Wildman–Crippen LogP) is 9.04. The standard InChI is InChI=1S/C41H73N2O7P/c1-6-8-10-12-14-16-18-19-21-22-24-26-28-31-38(44)32-30-34-41(46)42-39(37-50-51(47,48)49-36-35-43(3,4)5)40(45)33-29-27-25-23-20-17-15-13-11-9-7-2/h14,16,19-21,23-24,26,28-29,31,33,38-40,44-45H,6-13,15,17-18,22,25,27,30,32,34-37H2,1-5H3,(H-,42,46,47,48)/p+1/b16-14-,21-19-,23-20-,26-24-,31-28+,33-29+/t38-,39-,40+/m0/s1. The molecule has 1 amide bonds. The van der Waals surface area contributed by atoms with Crippen LogP contribution >= 0.6 is 7.82 Å². The third-order valence-electron chi connectivity index (χ3n) is 8.00. The SMILES string of the molecule is CCCCC/C=C\C/C=C\C/C=C\C=C\[C@H](O)CCCC(=O)N[C@@H](COP(=O)(O)OCC[N+](C)(C)C)[C@H](O)/C=C/CC/C=C\CCCCCCC. The second kappa shape index (κ2) is 32.5. The molecule has 9 nitrogen and oxygen atoms in total. The van der Waals surface area contributed by atoms with E-state index in [1.54, 1.807) is 12.2 Å². The lowest BCUT2D eigenvalue weighted by Gasteiger charge is -2.25. The predicted molar refractivity (Wildman–Crippen MR) is 213 cm³/mol. The van der Waals surface area contributed by atoms with Crippen molar-refractivity contribution in [3.05, 3.63) is 72.9 Å². The molecular weight excluding hydrogens is 663 g/mol. The van der Waals surface area contributed by atoms with Gasteiger partial charge in [0.15, 0.2) is 0 Å². The number of quaternary nitrogens is 1. The van der Waals surface area contributed by atoms with Gasteiger partial charge in [0.2, 0.25) is 5.91 Å². The maximum Gasteiger partial charge on any atom is 0.472 e. The highest BCUT2D eigenvalue weighted by molar-refractivity contribution is 7.47. The Bertz CT molecular complexity index is 1080. The van der Waals surface area contributed by atoms with Crippen LogP contribution in [-0.4, -0.2) is 84.6 Å². The first kappa shape index (κ1) is 48.9. The Hall–Kier alpha value is -2.10. The zero-order chi connectivity index (χ0) is 38.1. The van der Waals surface area contributed by atoms with Crippen LogP contribution in [0.3, 0.4) is 0 Å². The largest absolute Gasteiger partial charge is 0.472 e. The average Bonchev–Trinajstić information content (AvgIpc) is 3.06. The van der Waals surface area contributed by atoms with Crippen LogP contribution in [0.2, 0.25) is 0 Å². The maximum absolute atomic E-state index is 12.8. The van der Waals surface area contributed by atoms with Gasteiger partial charge < -0.3 is 24.9 Å². The van der Waals surface area contributed by atoms with E-state index in [1.807, 2.05) is 45.4 Å². The second-order valence-corrected chi connectivity index (χ2v) is 15.6. The first-order chi connectivity index (χ1) is 24.4. The fourth-order valence-electron chi connectivity index (χ4n) is 4.80. The van der Waals surface area contributed by atoms with Crippen molar-refractivity contribution in [3.63, 3.8) is 0 Å². The lowest BCUT2D eigenvalue weighted by atomic mass is 10.1. The van der Waals surface area contributed by atoms with Crippen LogP contribution in [0.5, 0.6) is 0 Å². The Morgan fingerprint density at radius 1 is 0.725 bits per heavy atom. The van der Waals surface area contributed by atoms with Crippen LogP contribution in [-0.2, 0) is 18.4 Å². The summed E-state index contributed by atoms with van der Waals surface area (Å²) in [6, 6.07) is -0.958. The summed E-state index contributed by atoms with van der Waals surface area (Å²) in [5.74, 6) is -0.352. The molecule has 0 saturated heterocycles. The molecule has 51 heavy (non-hydrogen) atoms. The number of phosphoric acid groups is 1. The highest BCUT2D eigenvalue weighted by atomic mass is 31.2. The van der Waals surface area contributed by atoms with Crippen molar-refractivity contribution < 1.29 is 38.0 Å². The van der Waals surface area contributed by atoms with E-state index in [9.17, 15) is 24.5 Å². The summed E-state index contributed by atoms with van der Waals surface area (Å²) in [7, 11) is 1.42. The van der Waals surface area contributed by atoms with Crippen molar-refractivity contribution in [2.24, 2.45) is 0 Å². The van der Waals surface area contributed by atoms with Crippen LogP contribution < -0.4 is 5.32 Å². The molecule has 0 aliphatic rings. The molecule has 0 aliphatic heterocycles. The van der Waals surface area contributed by atoms with Gasteiger partial charge in [-0.05, 0) is 64.2 Å². The molecule has 0 saturated carbocycles. The Labute approximate surface area is 311 Å². The van der Waals surface area contributed by atoms with Gasteiger partial charge in [0.05, 0.1) is 46.0 Å².